The minimum absolute atomic E-state index is 0.0183. The molecule has 0 fully saturated rings. The molecule has 0 radical (unpaired) electrons. The van der Waals surface area contributed by atoms with Gasteiger partial charge in [0.2, 0.25) is 5.96 Å². The van der Waals surface area contributed by atoms with Crippen molar-refractivity contribution in [3.05, 3.63) is 59.7 Å². The second-order valence-electron chi connectivity index (χ2n) is 4.17. The molecule has 0 spiro atoms. The third-order valence-corrected chi connectivity index (χ3v) is 2.81. The minimum atomic E-state index is -0.0884. The van der Waals surface area contributed by atoms with Crippen molar-refractivity contribution in [1.82, 2.24) is 0 Å². The summed E-state index contributed by atoms with van der Waals surface area (Å²) in [6.45, 7) is -0.0183. The molecule has 0 aliphatic rings. The van der Waals surface area contributed by atoms with Gasteiger partial charge >= 0.3 is 0 Å². The molecule has 102 valence electrons. The van der Waals surface area contributed by atoms with Crippen molar-refractivity contribution >= 4 is 12.2 Å². The summed E-state index contributed by atoms with van der Waals surface area (Å²) in [5, 5.41) is 16.9. The van der Waals surface area contributed by atoms with E-state index in [1.54, 1.807) is 6.21 Å². The molecule has 2 aromatic carbocycles. The highest BCUT2D eigenvalue weighted by Crippen LogP contribution is 2.26. The topological polar surface area (TPSA) is 97.0 Å². The van der Waals surface area contributed by atoms with E-state index in [2.05, 4.69) is 10.2 Å². The van der Waals surface area contributed by atoms with Crippen LogP contribution in [0.3, 0.4) is 0 Å². The van der Waals surface area contributed by atoms with E-state index in [9.17, 15) is 5.11 Å². The number of aliphatic hydroxyl groups excluding tert-OH is 1. The molecule has 0 unspecified atom stereocenters. The van der Waals surface area contributed by atoms with E-state index in [-0.39, 0.29) is 12.6 Å². The van der Waals surface area contributed by atoms with E-state index in [0.717, 1.165) is 22.3 Å². The Morgan fingerprint density at radius 1 is 1.00 bits per heavy atom. The summed E-state index contributed by atoms with van der Waals surface area (Å²) < 4.78 is 0. The zero-order chi connectivity index (χ0) is 14.4. The highest BCUT2D eigenvalue weighted by Gasteiger charge is 2.06. The molecule has 0 aliphatic heterocycles. The van der Waals surface area contributed by atoms with Crippen molar-refractivity contribution < 1.29 is 5.11 Å². The van der Waals surface area contributed by atoms with Crippen molar-refractivity contribution in [3.8, 4) is 11.1 Å². The molecule has 5 N–H and O–H groups in total. The van der Waals surface area contributed by atoms with Crippen molar-refractivity contribution in [1.29, 1.82) is 0 Å². The van der Waals surface area contributed by atoms with Crippen LogP contribution in [0, 0.1) is 0 Å². The second-order valence-corrected chi connectivity index (χ2v) is 4.17. The van der Waals surface area contributed by atoms with Crippen LogP contribution in [0.1, 0.15) is 11.1 Å². The molecular weight excluding hydrogens is 252 g/mol. The molecule has 2 aromatic rings. The van der Waals surface area contributed by atoms with Crippen molar-refractivity contribution in [2.24, 2.45) is 21.7 Å². The van der Waals surface area contributed by atoms with Crippen LogP contribution in [0.25, 0.3) is 11.1 Å². The van der Waals surface area contributed by atoms with Gasteiger partial charge in [-0.25, -0.2) is 0 Å². The van der Waals surface area contributed by atoms with Gasteiger partial charge < -0.3 is 16.6 Å². The lowest BCUT2D eigenvalue weighted by molar-refractivity contribution is 0.282. The van der Waals surface area contributed by atoms with Gasteiger partial charge in [0.1, 0.15) is 0 Å². The van der Waals surface area contributed by atoms with Crippen LogP contribution in [0.2, 0.25) is 0 Å². The Hall–Kier alpha value is -2.66. The number of rotatable bonds is 4. The quantitative estimate of drug-likeness (QED) is 0.445. The lowest BCUT2D eigenvalue weighted by Crippen LogP contribution is -2.21. The SMILES string of the molecule is NC(N)=NN=Cc1ccccc1-c1ccccc1CO. The van der Waals surface area contributed by atoms with Gasteiger partial charge in [0.15, 0.2) is 0 Å². The van der Waals surface area contributed by atoms with Crippen LogP contribution in [0.15, 0.2) is 58.7 Å². The third-order valence-electron chi connectivity index (χ3n) is 2.81. The summed E-state index contributed by atoms with van der Waals surface area (Å²) in [5.74, 6) is -0.0884. The number of nitrogens with zero attached hydrogens (tertiary/aromatic N) is 2. The van der Waals surface area contributed by atoms with Crippen LogP contribution in [0.5, 0.6) is 0 Å². The molecule has 20 heavy (non-hydrogen) atoms. The number of benzene rings is 2. The van der Waals surface area contributed by atoms with Crippen molar-refractivity contribution in [2.45, 2.75) is 6.61 Å². The third kappa shape index (κ3) is 3.21. The molecule has 5 heteroatoms. The summed E-state index contributed by atoms with van der Waals surface area (Å²) in [5.41, 5.74) is 14.1. The molecule has 0 bridgehead atoms. The average Bonchev–Trinajstić information content (AvgIpc) is 2.47. The van der Waals surface area contributed by atoms with E-state index < -0.39 is 0 Å². The zero-order valence-corrected chi connectivity index (χ0v) is 10.9. The highest BCUT2D eigenvalue weighted by molar-refractivity contribution is 5.91. The first kappa shape index (κ1) is 13.8. The summed E-state index contributed by atoms with van der Waals surface area (Å²) in [4.78, 5) is 0. The van der Waals surface area contributed by atoms with Crippen molar-refractivity contribution in [3.63, 3.8) is 0 Å². The van der Waals surface area contributed by atoms with Gasteiger partial charge in [-0.3, -0.25) is 0 Å². The molecule has 5 nitrogen and oxygen atoms in total. The van der Waals surface area contributed by atoms with Gasteiger partial charge in [0.25, 0.3) is 0 Å². The number of hydrogen-bond donors (Lipinski definition) is 3. The Balaban J connectivity index is 2.47. The fourth-order valence-corrected chi connectivity index (χ4v) is 1.93. The van der Waals surface area contributed by atoms with E-state index in [0.29, 0.717) is 0 Å². The van der Waals surface area contributed by atoms with E-state index in [4.69, 9.17) is 11.5 Å². The lowest BCUT2D eigenvalue weighted by Gasteiger charge is -2.09. The Morgan fingerprint density at radius 2 is 1.65 bits per heavy atom. The highest BCUT2D eigenvalue weighted by atomic mass is 16.3. The maximum Gasteiger partial charge on any atom is 0.211 e. The van der Waals surface area contributed by atoms with Crippen LogP contribution in [-0.4, -0.2) is 17.3 Å². The van der Waals surface area contributed by atoms with Crippen LogP contribution in [0.4, 0.5) is 0 Å². The fraction of sp³-hybridized carbons (Fsp3) is 0.0667. The normalized spacial score (nSPS) is 10.7. The summed E-state index contributed by atoms with van der Waals surface area (Å²) >= 11 is 0. The van der Waals surface area contributed by atoms with Gasteiger partial charge in [-0.1, -0.05) is 48.5 Å². The first-order valence-electron chi connectivity index (χ1n) is 6.12. The summed E-state index contributed by atoms with van der Waals surface area (Å²) in [7, 11) is 0. The predicted molar refractivity (Wildman–Crippen MR) is 81.2 cm³/mol. The second kappa shape index (κ2) is 6.49. The Labute approximate surface area is 117 Å². The molecule has 0 saturated heterocycles. The van der Waals surface area contributed by atoms with E-state index in [1.165, 1.54) is 0 Å². The average molecular weight is 268 g/mol. The Bertz CT molecular complexity index is 646. The fourth-order valence-electron chi connectivity index (χ4n) is 1.93. The predicted octanol–water partition coefficient (Wildman–Crippen LogP) is 1.45. The first-order valence-corrected chi connectivity index (χ1v) is 6.12. The molecule has 0 amide bonds. The largest absolute Gasteiger partial charge is 0.392 e. The Morgan fingerprint density at radius 3 is 2.35 bits per heavy atom. The standard InChI is InChI=1S/C15H16N4O/c16-15(17)19-18-9-11-5-1-3-7-13(11)14-8-4-2-6-12(14)10-20/h1-9,20H,10H2,(H4,16,17,19). The molecule has 2 rings (SSSR count). The van der Waals surface area contributed by atoms with Crippen LogP contribution in [-0.2, 0) is 6.61 Å². The zero-order valence-electron chi connectivity index (χ0n) is 10.9. The van der Waals surface area contributed by atoms with Crippen LogP contribution >= 0.6 is 0 Å². The first-order chi connectivity index (χ1) is 9.72. The molecular formula is C15H16N4O. The molecule has 0 atom stereocenters. The van der Waals surface area contributed by atoms with Gasteiger partial charge in [0.05, 0.1) is 12.8 Å². The van der Waals surface area contributed by atoms with Gasteiger partial charge in [-0.2, -0.15) is 5.10 Å². The summed E-state index contributed by atoms with van der Waals surface area (Å²) in [6, 6.07) is 15.4. The molecule has 0 saturated carbocycles. The molecule has 0 heterocycles. The van der Waals surface area contributed by atoms with Crippen LogP contribution < -0.4 is 11.5 Å². The maximum atomic E-state index is 9.43. The van der Waals surface area contributed by atoms with E-state index >= 15 is 0 Å². The van der Waals surface area contributed by atoms with Gasteiger partial charge in [-0.05, 0) is 16.7 Å². The maximum absolute atomic E-state index is 9.43. The number of guanidine groups is 1. The smallest absolute Gasteiger partial charge is 0.211 e. The van der Waals surface area contributed by atoms with Gasteiger partial charge in [-0.15, -0.1) is 5.10 Å². The number of nitrogens with two attached hydrogens (primary N) is 2. The molecule has 0 aromatic heterocycles. The summed E-state index contributed by atoms with van der Waals surface area (Å²) in [6.07, 6.45) is 1.59. The minimum Gasteiger partial charge on any atom is -0.392 e. The van der Waals surface area contributed by atoms with E-state index in [1.807, 2.05) is 48.5 Å². The molecule has 0 aliphatic carbocycles. The Kier molecular flexibility index (Phi) is 4.47. The lowest BCUT2D eigenvalue weighted by atomic mass is 9.96. The van der Waals surface area contributed by atoms with Crippen molar-refractivity contribution in [2.75, 3.05) is 0 Å². The number of hydrogen-bond acceptors (Lipinski definition) is 3. The monoisotopic (exact) mass is 268 g/mol. The van der Waals surface area contributed by atoms with Gasteiger partial charge in [0, 0.05) is 5.56 Å². The number of aliphatic hydroxyl groups is 1.